The number of hydrogen-bond donors (Lipinski definition) is 1. The van der Waals surface area contributed by atoms with Crippen LogP contribution in [0, 0.1) is 19.5 Å². The molecular formula is C13H18NRu. The van der Waals surface area contributed by atoms with Crippen LogP contribution in [0.2, 0.25) is 0 Å². The molecule has 0 fully saturated rings. The minimum absolute atomic E-state index is 0. The van der Waals surface area contributed by atoms with Crippen molar-refractivity contribution < 1.29 is 19.5 Å². The molecule has 1 heterocycles. The van der Waals surface area contributed by atoms with Crippen LogP contribution in [0.1, 0.15) is 19.4 Å². The minimum atomic E-state index is 0. The second kappa shape index (κ2) is 13.3. The molecule has 1 aromatic heterocycles. The van der Waals surface area contributed by atoms with Gasteiger partial charge in [-0.1, -0.05) is 6.92 Å². The van der Waals surface area contributed by atoms with E-state index < -0.39 is 0 Å². The monoisotopic (exact) mass is 290 g/mol. The normalized spacial score (nSPS) is 7.40. The Morgan fingerprint density at radius 2 is 1.80 bits per heavy atom. The minimum Gasteiger partial charge on any atom is -0.484 e. The van der Waals surface area contributed by atoms with Gasteiger partial charge in [-0.05, 0) is 0 Å². The van der Waals surface area contributed by atoms with Crippen molar-refractivity contribution in [2.75, 3.05) is 0 Å². The molecule has 0 aliphatic rings. The van der Waals surface area contributed by atoms with Gasteiger partial charge in [0.1, 0.15) is 0 Å². The van der Waals surface area contributed by atoms with Crippen molar-refractivity contribution in [3.63, 3.8) is 0 Å². The molecule has 2 rings (SSSR count). The van der Waals surface area contributed by atoms with Gasteiger partial charge in [0.05, 0.1) is 0 Å². The van der Waals surface area contributed by atoms with Crippen LogP contribution >= 0.6 is 0 Å². The maximum absolute atomic E-state index is 2.88. The zero-order valence-corrected chi connectivity index (χ0v) is 11.2. The summed E-state index contributed by atoms with van der Waals surface area (Å²) in [5.41, 5.74) is 1.16. The average molecular weight is 289 g/mol. The Labute approximate surface area is 106 Å². The molecule has 1 radical (unpaired) electrons. The third-order valence-electron chi connectivity index (χ3n) is 1.24. The van der Waals surface area contributed by atoms with E-state index in [0.717, 1.165) is 5.56 Å². The van der Waals surface area contributed by atoms with Crippen molar-refractivity contribution in [2.45, 2.75) is 20.8 Å². The van der Waals surface area contributed by atoms with Crippen molar-refractivity contribution in [3.8, 4) is 0 Å². The number of aromatic nitrogens is 1. The predicted molar refractivity (Wildman–Crippen MR) is 62.0 cm³/mol. The number of aryl methyl sites for hydroxylation is 1. The average Bonchev–Trinajstić information content (AvgIpc) is 2.78. The third kappa shape index (κ3) is 13.3. The van der Waals surface area contributed by atoms with Crippen molar-refractivity contribution in [2.24, 2.45) is 0 Å². The third-order valence-corrected chi connectivity index (χ3v) is 1.24. The number of H-pyrrole nitrogens is 1. The van der Waals surface area contributed by atoms with Gasteiger partial charge in [-0.2, -0.15) is 49.9 Å². The van der Waals surface area contributed by atoms with Crippen LogP contribution in [0.4, 0.5) is 0 Å². The largest absolute Gasteiger partial charge is 3.00 e. The zero-order valence-electron chi connectivity index (χ0n) is 9.47. The van der Waals surface area contributed by atoms with Gasteiger partial charge in [0, 0.05) is 0 Å². The predicted octanol–water partition coefficient (Wildman–Crippen LogP) is 3.76. The van der Waals surface area contributed by atoms with Crippen LogP contribution in [-0.4, -0.2) is 4.98 Å². The number of hydrogen-bond acceptors (Lipinski definition) is 0. The first-order valence-corrected chi connectivity index (χ1v) is 4.73. The number of nitrogens with one attached hydrogen (secondary N) is 1. The standard InChI is InChI=1S/C5H6N.C5H5.C3H7.Ru/c1-5-2-3-6-4-5;1-2-4-5-3-1;1-3-2;/h2-3,6H,1H3;1-5H;3H,1-2H3;/q3*-1;+3. The van der Waals surface area contributed by atoms with Crippen molar-refractivity contribution in [1.82, 2.24) is 4.98 Å². The first-order valence-electron chi connectivity index (χ1n) is 4.73. The molecule has 1 N–H and O–H groups in total. The molecule has 2 heteroatoms. The van der Waals surface area contributed by atoms with Crippen LogP contribution < -0.4 is 0 Å². The van der Waals surface area contributed by atoms with Crippen LogP contribution in [0.15, 0.2) is 42.6 Å². The molecule has 15 heavy (non-hydrogen) atoms. The fourth-order valence-electron chi connectivity index (χ4n) is 0.685. The van der Waals surface area contributed by atoms with Crippen molar-refractivity contribution in [3.05, 3.63) is 60.8 Å². The number of rotatable bonds is 0. The first-order chi connectivity index (χ1) is 6.81. The summed E-state index contributed by atoms with van der Waals surface area (Å²) in [6.07, 6.45) is 6.73. The van der Waals surface area contributed by atoms with E-state index >= 15 is 0 Å². The van der Waals surface area contributed by atoms with Gasteiger partial charge in [-0.3, -0.25) is 0 Å². The van der Waals surface area contributed by atoms with E-state index in [2.05, 4.69) is 11.2 Å². The Hall–Kier alpha value is -0.747. The van der Waals surface area contributed by atoms with Gasteiger partial charge in [0.15, 0.2) is 0 Å². The molecule has 0 saturated heterocycles. The summed E-state index contributed by atoms with van der Waals surface area (Å²) in [4.78, 5) is 2.80. The smallest absolute Gasteiger partial charge is 0.484 e. The summed E-state index contributed by atoms with van der Waals surface area (Å²) in [6.45, 7) is 6.00. The van der Waals surface area contributed by atoms with Gasteiger partial charge in [-0.15, -0.1) is 6.20 Å². The summed E-state index contributed by atoms with van der Waals surface area (Å²) in [7, 11) is 0. The fraction of sp³-hybridized carbons (Fsp3) is 0.231. The molecular weight excluding hydrogens is 271 g/mol. The van der Waals surface area contributed by atoms with E-state index in [-0.39, 0.29) is 19.5 Å². The summed E-state index contributed by atoms with van der Waals surface area (Å²) >= 11 is 0. The van der Waals surface area contributed by atoms with Crippen LogP contribution in [0.3, 0.4) is 0 Å². The van der Waals surface area contributed by atoms with Crippen LogP contribution in [0.5, 0.6) is 0 Å². The molecule has 2 aromatic rings. The van der Waals surface area contributed by atoms with Crippen molar-refractivity contribution >= 4 is 0 Å². The van der Waals surface area contributed by atoms with Gasteiger partial charge >= 0.3 is 19.5 Å². The summed E-state index contributed by atoms with van der Waals surface area (Å²) in [5, 5.41) is 0. The number of aromatic amines is 1. The summed E-state index contributed by atoms with van der Waals surface area (Å²) in [6, 6.07) is 12.0. The molecule has 0 atom stereocenters. The molecule has 0 amide bonds. The fourth-order valence-corrected chi connectivity index (χ4v) is 0.685. The molecule has 1 nitrogen and oxygen atoms in total. The maximum Gasteiger partial charge on any atom is 3.00 e. The molecule has 0 unspecified atom stereocenters. The second-order valence-electron chi connectivity index (χ2n) is 2.83. The Bertz CT molecular complexity index is 241. The van der Waals surface area contributed by atoms with E-state index in [1.165, 1.54) is 0 Å². The van der Waals surface area contributed by atoms with Gasteiger partial charge in [0.2, 0.25) is 0 Å². The molecule has 0 saturated carbocycles. The topological polar surface area (TPSA) is 15.8 Å². The zero-order chi connectivity index (χ0) is 10.6. The summed E-state index contributed by atoms with van der Waals surface area (Å²) < 4.78 is 0. The Morgan fingerprint density at radius 3 is 1.93 bits per heavy atom. The molecule has 1 aromatic carbocycles. The Kier molecular flexibility index (Phi) is 14.7. The molecule has 0 aliphatic carbocycles. The Balaban J connectivity index is 0. The van der Waals surface area contributed by atoms with E-state index in [1.54, 1.807) is 0 Å². The van der Waals surface area contributed by atoms with E-state index in [9.17, 15) is 0 Å². The SMILES string of the molecule is C[CH-]C.Cc1[c-][nH]cc1.[Ru+3].c1cc[cH-]c1. The van der Waals surface area contributed by atoms with E-state index in [4.69, 9.17) is 0 Å². The Morgan fingerprint density at radius 1 is 1.27 bits per heavy atom. The molecule has 0 aliphatic heterocycles. The maximum atomic E-state index is 2.88. The van der Waals surface area contributed by atoms with Crippen LogP contribution in [0.25, 0.3) is 0 Å². The van der Waals surface area contributed by atoms with E-state index in [0.29, 0.717) is 0 Å². The van der Waals surface area contributed by atoms with Gasteiger partial charge < -0.3 is 11.4 Å². The second-order valence-corrected chi connectivity index (χ2v) is 2.83. The van der Waals surface area contributed by atoms with Crippen molar-refractivity contribution in [1.29, 1.82) is 0 Å². The summed E-state index contributed by atoms with van der Waals surface area (Å²) in [5.74, 6) is 0. The van der Waals surface area contributed by atoms with Gasteiger partial charge in [0.25, 0.3) is 0 Å². The van der Waals surface area contributed by atoms with E-state index in [1.807, 2.05) is 69.8 Å². The molecule has 83 valence electrons. The quantitative estimate of drug-likeness (QED) is 0.561. The van der Waals surface area contributed by atoms with Gasteiger partial charge in [-0.25, -0.2) is 12.1 Å². The first kappa shape index (κ1) is 16.7. The molecule has 0 bridgehead atoms. The molecule has 0 spiro atoms. The van der Waals surface area contributed by atoms with Crippen LogP contribution in [-0.2, 0) is 19.5 Å².